The lowest BCUT2D eigenvalue weighted by molar-refractivity contribution is 0.116. The number of aliphatic hydroxyl groups excluding tert-OH is 1. The Morgan fingerprint density at radius 3 is 2.77 bits per heavy atom. The molecule has 0 aliphatic carbocycles. The van der Waals surface area contributed by atoms with Crippen LogP contribution in [0, 0.1) is 5.41 Å². The van der Waals surface area contributed by atoms with Gasteiger partial charge in [0.25, 0.3) is 0 Å². The molecular formula is C21H25BN2O2. The van der Waals surface area contributed by atoms with Gasteiger partial charge in [-0.25, -0.2) is 0 Å². The van der Waals surface area contributed by atoms with E-state index in [0.717, 1.165) is 45.3 Å². The molecule has 0 amide bonds. The van der Waals surface area contributed by atoms with Gasteiger partial charge in [0.15, 0.2) is 0 Å². The van der Waals surface area contributed by atoms with Gasteiger partial charge < -0.3 is 14.8 Å². The molecule has 0 spiro atoms. The highest BCUT2D eigenvalue weighted by Crippen LogP contribution is 2.37. The Morgan fingerprint density at radius 2 is 2.08 bits per heavy atom. The van der Waals surface area contributed by atoms with Crippen molar-refractivity contribution >= 4 is 24.2 Å². The standard InChI is InChI=1S/C21H25BN2O2/c1-13(26-4)19-15(6-5-9-23-19)20-17(11-21(2,3)12-25)16-10-14(22)7-8-18(16)24-20/h5-10,13,24-25H,11-12H2,1-4H3. The Balaban J connectivity index is 2.27. The fourth-order valence-electron chi connectivity index (χ4n) is 3.28. The Labute approximate surface area is 156 Å². The Hall–Kier alpha value is -2.11. The van der Waals surface area contributed by atoms with E-state index in [4.69, 9.17) is 12.6 Å². The summed E-state index contributed by atoms with van der Waals surface area (Å²) in [5.74, 6) is 0. The van der Waals surface area contributed by atoms with Gasteiger partial charge in [-0.05, 0) is 42.5 Å². The quantitative estimate of drug-likeness (QED) is 0.672. The minimum atomic E-state index is -0.246. The van der Waals surface area contributed by atoms with Gasteiger partial charge in [0.1, 0.15) is 7.85 Å². The number of nitrogens with one attached hydrogen (secondary N) is 1. The van der Waals surface area contributed by atoms with Crippen molar-refractivity contribution in [2.75, 3.05) is 13.7 Å². The van der Waals surface area contributed by atoms with Gasteiger partial charge in [-0.3, -0.25) is 4.98 Å². The number of ether oxygens (including phenoxy) is 1. The SMILES string of the molecule is [B]c1ccc2[nH]c(-c3cccnc3C(C)OC)c(CC(C)(C)CO)c2c1. The molecule has 0 aliphatic heterocycles. The molecule has 0 fully saturated rings. The van der Waals surface area contributed by atoms with E-state index in [0.29, 0.717) is 0 Å². The second-order valence-electron chi connectivity index (χ2n) is 7.60. The number of hydrogen-bond donors (Lipinski definition) is 2. The maximum atomic E-state index is 9.79. The largest absolute Gasteiger partial charge is 0.396 e. The van der Waals surface area contributed by atoms with Crippen molar-refractivity contribution in [1.82, 2.24) is 9.97 Å². The first-order valence-corrected chi connectivity index (χ1v) is 8.85. The zero-order valence-corrected chi connectivity index (χ0v) is 15.8. The lowest BCUT2D eigenvalue weighted by Gasteiger charge is -2.23. The highest BCUT2D eigenvalue weighted by atomic mass is 16.5. The predicted molar refractivity (Wildman–Crippen MR) is 107 cm³/mol. The summed E-state index contributed by atoms with van der Waals surface area (Å²) < 4.78 is 5.52. The summed E-state index contributed by atoms with van der Waals surface area (Å²) in [6, 6.07) is 9.88. The molecule has 26 heavy (non-hydrogen) atoms. The fourth-order valence-corrected chi connectivity index (χ4v) is 3.28. The molecule has 3 aromatic rings. The van der Waals surface area contributed by atoms with Crippen LogP contribution in [0.2, 0.25) is 0 Å². The van der Waals surface area contributed by atoms with Gasteiger partial charge in [0.2, 0.25) is 0 Å². The lowest BCUT2D eigenvalue weighted by atomic mass is 9.83. The van der Waals surface area contributed by atoms with Gasteiger partial charge in [-0.1, -0.05) is 31.4 Å². The molecule has 2 aromatic heterocycles. The number of fused-ring (bicyclic) bond motifs is 1. The maximum absolute atomic E-state index is 9.79. The molecule has 0 saturated heterocycles. The summed E-state index contributed by atoms with van der Waals surface area (Å²) in [7, 11) is 7.73. The monoisotopic (exact) mass is 348 g/mol. The van der Waals surface area contributed by atoms with Crippen LogP contribution in [0.25, 0.3) is 22.2 Å². The number of benzene rings is 1. The van der Waals surface area contributed by atoms with Crippen LogP contribution in [0.1, 0.15) is 38.1 Å². The number of nitrogens with zero attached hydrogens (tertiary/aromatic N) is 1. The Morgan fingerprint density at radius 1 is 1.31 bits per heavy atom. The first kappa shape index (κ1) is 18.7. The molecule has 1 unspecified atom stereocenters. The number of methoxy groups -OCH3 is 1. The molecule has 5 heteroatoms. The maximum Gasteiger partial charge on any atom is 0.113 e. The molecule has 0 aliphatic rings. The van der Waals surface area contributed by atoms with E-state index >= 15 is 0 Å². The van der Waals surface area contributed by atoms with Crippen LogP contribution in [0.3, 0.4) is 0 Å². The van der Waals surface area contributed by atoms with Gasteiger partial charge in [-0.15, -0.1) is 0 Å². The van der Waals surface area contributed by atoms with Crippen LogP contribution in [-0.2, 0) is 11.2 Å². The third kappa shape index (κ3) is 3.55. The lowest BCUT2D eigenvalue weighted by Crippen LogP contribution is -2.20. The summed E-state index contributed by atoms with van der Waals surface area (Å²) in [6.07, 6.45) is 2.38. The van der Waals surface area contributed by atoms with Crippen molar-refractivity contribution in [2.45, 2.75) is 33.3 Å². The molecule has 2 N–H and O–H groups in total. The van der Waals surface area contributed by atoms with Crippen LogP contribution in [0.15, 0.2) is 36.5 Å². The number of hydrogen-bond acceptors (Lipinski definition) is 3. The first-order valence-electron chi connectivity index (χ1n) is 8.85. The van der Waals surface area contributed by atoms with E-state index < -0.39 is 0 Å². The van der Waals surface area contributed by atoms with Crippen molar-refractivity contribution < 1.29 is 9.84 Å². The zero-order valence-electron chi connectivity index (χ0n) is 15.8. The number of aromatic nitrogens is 2. The zero-order chi connectivity index (χ0) is 18.9. The highest BCUT2D eigenvalue weighted by molar-refractivity contribution is 6.33. The van der Waals surface area contributed by atoms with Crippen molar-refractivity contribution in [3.8, 4) is 11.3 Å². The Kier molecular flexibility index (Phi) is 5.21. The van der Waals surface area contributed by atoms with Crippen LogP contribution < -0.4 is 5.46 Å². The number of H-pyrrole nitrogens is 1. The van der Waals surface area contributed by atoms with E-state index in [1.165, 1.54) is 0 Å². The highest BCUT2D eigenvalue weighted by Gasteiger charge is 2.25. The molecule has 2 heterocycles. The van der Waals surface area contributed by atoms with Crippen LogP contribution in [0.4, 0.5) is 0 Å². The van der Waals surface area contributed by atoms with Crippen molar-refractivity contribution in [3.05, 3.63) is 47.8 Å². The Bertz CT molecular complexity index is 918. The third-order valence-corrected chi connectivity index (χ3v) is 4.86. The molecule has 2 radical (unpaired) electrons. The average molecular weight is 348 g/mol. The second kappa shape index (κ2) is 7.26. The summed E-state index contributed by atoms with van der Waals surface area (Å²) in [4.78, 5) is 8.09. The van der Waals surface area contributed by atoms with Crippen molar-refractivity contribution in [3.63, 3.8) is 0 Å². The van der Waals surface area contributed by atoms with E-state index in [9.17, 15) is 5.11 Å². The number of aliphatic hydroxyl groups is 1. The molecule has 0 saturated carbocycles. The molecule has 134 valence electrons. The molecule has 3 rings (SSSR count). The van der Waals surface area contributed by atoms with Gasteiger partial charge >= 0.3 is 0 Å². The minimum absolute atomic E-state index is 0.107. The van der Waals surface area contributed by atoms with Crippen LogP contribution in [-0.4, -0.2) is 36.6 Å². The van der Waals surface area contributed by atoms with E-state index in [1.807, 2.05) is 31.2 Å². The summed E-state index contributed by atoms with van der Waals surface area (Å²) >= 11 is 0. The van der Waals surface area contributed by atoms with Crippen LogP contribution in [0.5, 0.6) is 0 Å². The molecular weight excluding hydrogens is 323 g/mol. The van der Waals surface area contributed by atoms with Crippen LogP contribution >= 0.6 is 0 Å². The van der Waals surface area contributed by atoms with Gasteiger partial charge in [0, 0.05) is 36.4 Å². The topological polar surface area (TPSA) is 58.1 Å². The summed E-state index contributed by atoms with van der Waals surface area (Å²) in [6.45, 7) is 6.22. The number of aromatic amines is 1. The summed E-state index contributed by atoms with van der Waals surface area (Å²) in [5.41, 5.74) is 5.56. The van der Waals surface area contributed by atoms with E-state index in [1.54, 1.807) is 13.3 Å². The van der Waals surface area contributed by atoms with E-state index in [2.05, 4.69) is 29.9 Å². The minimum Gasteiger partial charge on any atom is -0.396 e. The second-order valence-corrected chi connectivity index (χ2v) is 7.60. The van der Waals surface area contributed by atoms with E-state index in [-0.39, 0.29) is 18.1 Å². The molecule has 0 bridgehead atoms. The fraction of sp³-hybridized carbons (Fsp3) is 0.381. The summed E-state index contributed by atoms with van der Waals surface area (Å²) in [5, 5.41) is 10.9. The number of pyridine rings is 1. The van der Waals surface area contributed by atoms with Gasteiger partial charge in [0.05, 0.1) is 17.5 Å². The third-order valence-electron chi connectivity index (χ3n) is 4.86. The van der Waals surface area contributed by atoms with Gasteiger partial charge in [-0.2, -0.15) is 0 Å². The normalized spacial score (nSPS) is 13.3. The predicted octanol–water partition coefficient (Wildman–Crippen LogP) is 3.29. The molecule has 1 aromatic carbocycles. The molecule has 4 nitrogen and oxygen atoms in total. The molecule has 1 atom stereocenters. The smallest absolute Gasteiger partial charge is 0.113 e. The van der Waals surface area contributed by atoms with Crippen molar-refractivity contribution in [2.24, 2.45) is 5.41 Å². The number of rotatable bonds is 6. The first-order chi connectivity index (χ1) is 12.4. The average Bonchev–Trinajstić information content (AvgIpc) is 2.98. The van der Waals surface area contributed by atoms with Crippen molar-refractivity contribution in [1.29, 1.82) is 0 Å².